The standard InChI is InChI=1S/C6H13NO6S/c1-5(14(11,12)13)7-6(2-8,3-9)4-10/h8-10H,2-4H2,1H3,(H,11,12,13). The summed E-state index contributed by atoms with van der Waals surface area (Å²) in [6.45, 7) is -1.20. The van der Waals surface area contributed by atoms with Gasteiger partial charge in [0.05, 0.1) is 19.8 Å². The maximum atomic E-state index is 10.5. The molecule has 0 aromatic heterocycles. The van der Waals surface area contributed by atoms with Crippen LogP contribution in [0.5, 0.6) is 0 Å². The van der Waals surface area contributed by atoms with E-state index in [0.717, 1.165) is 6.92 Å². The summed E-state index contributed by atoms with van der Waals surface area (Å²) in [5.41, 5.74) is -1.68. The van der Waals surface area contributed by atoms with Crippen LogP contribution in [0.3, 0.4) is 0 Å². The van der Waals surface area contributed by atoms with Crippen LogP contribution < -0.4 is 0 Å². The molecule has 0 radical (unpaired) electrons. The van der Waals surface area contributed by atoms with E-state index in [1.165, 1.54) is 0 Å². The fourth-order valence-electron chi connectivity index (χ4n) is 0.648. The van der Waals surface area contributed by atoms with Crippen molar-refractivity contribution in [1.29, 1.82) is 0 Å². The average molecular weight is 227 g/mol. The van der Waals surface area contributed by atoms with Gasteiger partial charge in [0.1, 0.15) is 5.54 Å². The van der Waals surface area contributed by atoms with Crippen LogP contribution in [0.4, 0.5) is 0 Å². The van der Waals surface area contributed by atoms with Crippen molar-refractivity contribution >= 4 is 15.2 Å². The summed E-state index contributed by atoms with van der Waals surface area (Å²) < 4.78 is 29.6. The molecule has 0 amide bonds. The minimum atomic E-state index is -4.45. The maximum Gasteiger partial charge on any atom is 0.307 e. The van der Waals surface area contributed by atoms with E-state index in [9.17, 15) is 8.42 Å². The monoisotopic (exact) mass is 227 g/mol. The molecule has 0 unspecified atom stereocenters. The first-order chi connectivity index (χ1) is 6.31. The maximum absolute atomic E-state index is 10.5. The van der Waals surface area contributed by atoms with Gasteiger partial charge in [-0.05, 0) is 6.92 Å². The van der Waals surface area contributed by atoms with Crippen LogP contribution in [-0.4, -0.2) is 58.7 Å². The van der Waals surface area contributed by atoms with Gasteiger partial charge in [-0.1, -0.05) is 0 Å². The first kappa shape index (κ1) is 13.5. The predicted octanol–water partition coefficient (Wildman–Crippen LogP) is -1.99. The fraction of sp³-hybridized carbons (Fsp3) is 0.833. The number of rotatable bonds is 4. The van der Waals surface area contributed by atoms with Crippen LogP contribution in [0.2, 0.25) is 0 Å². The SMILES string of the molecule is CC(=NC(CO)(CO)CO)S(=O)(=O)O. The van der Waals surface area contributed by atoms with E-state index < -0.39 is 40.5 Å². The van der Waals surface area contributed by atoms with Crippen molar-refractivity contribution in [3.05, 3.63) is 0 Å². The van der Waals surface area contributed by atoms with Gasteiger partial charge >= 0.3 is 10.1 Å². The van der Waals surface area contributed by atoms with Crippen LogP contribution in [-0.2, 0) is 10.1 Å². The fourth-order valence-corrected chi connectivity index (χ4v) is 0.957. The highest BCUT2D eigenvalue weighted by molar-refractivity contribution is 8.01. The molecule has 0 aliphatic heterocycles. The summed E-state index contributed by atoms with van der Waals surface area (Å²) >= 11 is 0. The minimum Gasteiger partial charge on any atom is -0.394 e. The second-order valence-electron chi connectivity index (χ2n) is 2.80. The van der Waals surface area contributed by atoms with Crippen molar-refractivity contribution in [3.63, 3.8) is 0 Å². The first-order valence-electron chi connectivity index (χ1n) is 3.68. The molecular formula is C6H13NO6S. The number of aliphatic hydroxyl groups is 3. The van der Waals surface area contributed by atoms with Gasteiger partial charge in [0, 0.05) is 0 Å². The molecule has 4 N–H and O–H groups in total. The number of nitrogens with zero attached hydrogens (tertiary/aromatic N) is 1. The van der Waals surface area contributed by atoms with Crippen molar-refractivity contribution in [1.82, 2.24) is 0 Å². The van der Waals surface area contributed by atoms with Gasteiger partial charge in [0.15, 0.2) is 5.04 Å². The van der Waals surface area contributed by atoms with Gasteiger partial charge in [0.25, 0.3) is 0 Å². The molecule has 0 saturated heterocycles. The van der Waals surface area contributed by atoms with E-state index in [4.69, 9.17) is 19.9 Å². The second kappa shape index (κ2) is 4.80. The van der Waals surface area contributed by atoms with Crippen molar-refractivity contribution in [2.75, 3.05) is 19.8 Å². The molecule has 0 fully saturated rings. The Hall–Kier alpha value is -0.540. The zero-order valence-corrected chi connectivity index (χ0v) is 8.40. The summed E-state index contributed by atoms with van der Waals surface area (Å²) in [5, 5.41) is 25.7. The summed E-state index contributed by atoms with van der Waals surface area (Å²) in [4.78, 5) is 3.36. The van der Waals surface area contributed by atoms with E-state index in [-0.39, 0.29) is 0 Å². The zero-order chi connectivity index (χ0) is 11.4. The third-order valence-electron chi connectivity index (χ3n) is 1.65. The predicted molar refractivity (Wildman–Crippen MR) is 48.6 cm³/mol. The third-order valence-corrected chi connectivity index (χ3v) is 2.49. The Morgan fingerprint density at radius 2 is 1.57 bits per heavy atom. The molecule has 7 nitrogen and oxygen atoms in total. The molecule has 0 saturated carbocycles. The molecule has 0 aliphatic carbocycles. The Balaban J connectivity index is 5.10. The van der Waals surface area contributed by atoms with Crippen LogP contribution in [0.15, 0.2) is 4.99 Å². The smallest absolute Gasteiger partial charge is 0.307 e. The van der Waals surface area contributed by atoms with Crippen LogP contribution in [0.25, 0.3) is 0 Å². The van der Waals surface area contributed by atoms with Crippen molar-refractivity contribution in [3.8, 4) is 0 Å². The van der Waals surface area contributed by atoms with Crippen LogP contribution >= 0.6 is 0 Å². The molecular weight excluding hydrogens is 214 g/mol. The normalized spacial score (nSPS) is 14.5. The molecule has 0 atom stereocenters. The van der Waals surface area contributed by atoms with Crippen molar-refractivity contribution in [2.45, 2.75) is 12.5 Å². The van der Waals surface area contributed by atoms with Crippen LogP contribution in [0.1, 0.15) is 6.92 Å². The quantitative estimate of drug-likeness (QED) is 0.250. The highest BCUT2D eigenvalue weighted by Crippen LogP contribution is 2.10. The Morgan fingerprint density at radius 3 is 1.79 bits per heavy atom. The van der Waals surface area contributed by atoms with Crippen molar-refractivity contribution in [2.24, 2.45) is 4.99 Å². The lowest BCUT2D eigenvalue weighted by Crippen LogP contribution is -2.41. The highest BCUT2D eigenvalue weighted by Gasteiger charge is 2.29. The first-order valence-corrected chi connectivity index (χ1v) is 5.12. The van der Waals surface area contributed by atoms with E-state index in [1.54, 1.807) is 0 Å². The van der Waals surface area contributed by atoms with E-state index in [0.29, 0.717) is 0 Å². The van der Waals surface area contributed by atoms with Gasteiger partial charge in [-0.2, -0.15) is 8.42 Å². The van der Waals surface area contributed by atoms with E-state index >= 15 is 0 Å². The Bertz CT molecular complexity index is 296. The summed E-state index contributed by atoms with van der Waals surface area (Å²) in [5.74, 6) is 0. The van der Waals surface area contributed by atoms with E-state index in [1.807, 2.05) is 0 Å². The summed E-state index contributed by atoms with van der Waals surface area (Å²) in [6, 6.07) is 0. The average Bonchev–Trinajstić information content (AvgIpc) is 2.12. The Labute approximate surface area is 81.5 Å². The van der Waals surface area contributed by atoms with Crippen LogP contribution in [0, 0.1) is 0 Å². The van der Waals surface area contributed by atoms with Gasteiger partial charge in [-0.3, -0.25) is 9.55 Å². The molecule has 0 heterocycles. The zero-order valence-electron chi connectivity index (χ0n) is 7.58. The molecule has 0 aromatic rings. The molecule has 0 aromatic carbocycles. The topological polar surface area (TPSA) is 127 Å². The lowest BCUT2D eigenvalue weighted by Gasteiger charge is -2.22. The Kier molecular flexibility index (Phi) is 4.62. The summed E-state index contributed by atoms with van der Waals surface area (Å²) in [6.07, 6.45) is 0. The second-order valence-corrected chi connectivity index (χ2v) is 4.35. The molecule has 0 aliphatic rings. The molecule has 14 heavy (non-hydrogen) atoms. The Morgan fingerprint density at radius 1 is 1.21 bits per heavy atom. The lowest BCUT2D eigenvalue weighted by atomic mass is 10.1. The highest BCUT2D eigenvalue weighted by atomic mass is 32.2. The van der Waals surface area contributed by atoms with Gasteiger partial charge in [-0.25, -0.2) is 0 Å². The molecule has 0 bridgehead atoms. The van der Waals surface area contributed by atoms with Gasteiger partial charge in [0.2, 0.25) is 0 Å². The molecule has 84 valence electrons. The third kappa shape index (κ3) is 3.31. The number of aliphatic imine (C=N–C) groups is 1. The number of hydrogen-bond acceptors (Lipinski definition) is 6. The van der Waals surface area contributed by atoms with Gasteiger partial charge < -0.3 is 15.3 Å². The van der Waals surface area contributed by atoms with Gasteiger partial charge in [-0.15, -0.1) is 0 Å². The largest absolute Gasteiger partial charge is 0.394 e. The molecule has 0 rings (SSSR count). The number of aliphatic hydroxyl groups excluding tert-OH is 3. The van der Waals surface area contributed by atoms with E-state index in [2.05, 4.69) is 4.99 Å². The molecule has 8 heteroatoms. The molecule has 0 spiro atoms. The number of hydrogen-bond donors (Lipinski definition) is 4. The van der Waals surface area contributed by atoms with Crippen molar-refractivity contribution < 1.29 is 28.3 Å². The lowest BCUT2D eigenvalue weighted by molar-refractivity contribution is 0.0716. The minimum absolute atomic E-state index is 0.672. The summed E-state index contributed by atoms with van der Waals surface area (Å²) in [7, 11) is -4.45.